The molecule has 3 amide bonds. The molecule has 12 atom stereocenters. The number of alkyl carbamates (subject to hydrolysis) is 2. The second-order valence-electron chi connectivity index (χ2n) is 15.5. The number of ether oxygens (including phenoxy) is 6. The van der Waals surface area contributed by atoms with Gasteiger partial charge in [-0.05, 0) is 74.8 Å². The number of amides is 3. The van der Waals surface area contributed by atoms with Crippen molar-refractivity contribution in [2.24, 2.45) is 10.7 Å². The van der Waals surface area contributed by atoms with Gasteiger partial charge >= 0.3 is 18.3 Å². The number of carbonyl (C=O) groups is 3. The quantitative estimate of drug-likeness (QED) is 0.0881. The van der Waals surface area contributed by atoms with Crippen molar-refractivity contribution in [3.05, 3.63) is 0 Å². The average molecular weight is 751 g/mol. The number of amidine groups is 1. The van der Waals surface area contributed by atoms with Crippen LogP contribution in [0.1, 0.15) is 67.7 Å². The number of rotatable bonds is 11. The summed E-state index contributed by atoms with van der Waals surface area (Å²) in [4.78, 5) is 41.6. The lowest BCUT2D eigenvalue weighted by Gasteiger charge is -2.49. The number of hydrogen-bond acceptors (Lipinski definition) is 15. The Balaban J connectivity index is 2.02. The van der Waals surface area contributed by atoms with E-state index in [1.807, 2.05) is 0 Å². The monoisotopic (exact) mass is 750 g/mol. The summed E-state index contributed by atoms with van der Waals surface area (Å²) in [6, 6.07) is -3.93. The fourth-order valence-electron chi connectivity index (χ4n) is 6.31. The number of carbonyl (C=O) groups excluding carboxylic acids is 2. The lowest BCUT2D eigenvalue weighted by atomic mass is 9.83. The fraction of sp³-hybridized carbons (Fsp3) is 0.875. The molecule has 0 aromatic carbocycles. The van der Waals surface area contributed by atoms with Gasteiger partial charge in [0.15, 0.2) is 12.6 Å². The third-order valence-electron chi connectivity index (χ3n) is 8.50. The van der Waals surface area contributed by atoms with E-state index in [0.29, 0.717) is 6.42 Å². The van der Waals surface area contributed by atoms with E-state index in [2.05, 4.69) is 26.3 Å². The summed E-state index contributed by atoms with van der Waals surface area (Å²) in [5, 5.41) is 63.4. The molecule has 0 radical (unpaired) electrons. The van der Waals surface area contributed by atoms with Gasteiger partial charge in [0.05, 0.1) is 36.9 Å². The molecule has 0 aromatic heterocycles. The molecule has 1 saturated carbocycles. The summed E-state index contributed by atoms with van der Waals surface area (Å²) in [6.45, 7) is 10.5. The Morgan fingerprint density at radius 1 is 0.923 bits per heavy atom. The molecule has 0 unspecified atom stereocenters. The Kier molecular flexibility index (Phi) is 14.9. The molecule has 3 aliphatic rings. The summed E-state index contributed by atoms with van der Waals surface area (Å²) in [5.41, 5.74) is 2.69. The highest BCUT2D eigenvalue weighted by atomic mass is 16.7. The lowest BCUT2D eigenvalue weighted by Crippen LogP contribution is -2.68. The van der Waals surface area contributed by atoms with Crippen LogP contribution in [0, 0.1) is 0 Å². The van der Waals surface area contributed by atoms with E-state index in [0.717, 1.165) is 0 Å². The third kappa shape index (κ3) is 12.5. The largest absolute Gasteiger partial charge is 0.465 e. The van der Waals surface area contributed by atoms with Gasteiger partial charge in [-0.1, -0.05) is 0 Å². The molecule has 20 heteroatoms. The van der Waals surface area contributed by atoms with E-state index in [1.165, 1.54) is 14.0 Å². The van der Waals surface area contributed by atoms with Crippen LogP contribution in [0.2, 0.25) is 0 Å². The number of nitrogens with one attached hydrogen (secondary N) is 4. The molecule has 3 fully saturated rings. The first kappa shape index (κ1) is 43.3. The van der Waals surface area contributed by atoms with Gasteiger partial charge in [0.2, 0.25) is 0 Å². The molecule has 20 nitrogen and oxygen atoms in total. The predicted molar refractivity (Wildman–Crippen MR) is 182 cm³/mol. The molecule has 0 bridgehead atoms. The van der Waals surface area contributed by atoms with Gasteiger partial charge in [-0.2, -0.15) is 0 Å². The standard InChI is InChI=1S/C32H58N6O14/c1-30(2,3)51-28(44)37-16-10-9-15(12-35-27(42)43)48-25(16)49-23-18(38-29(45)52-31(4,5)6)11-17(36-19(33)13-39)22(20(23)40)50-26-21(41)24(34-8)32(7,46)14-47-26/h15-18,20-26,34-35,39-41,46H,9-14H2,1-8H3,(H2,33,36)(H,37,44)(H,38,45)(H,42,43)/t15-,16+,17+,18-,20+,21+,22-,23+,24+,25+,26+,32-/m0/s1. The number of aliphatic hydroxyl groups is 4. The molecule has 11 N–H and O–H groups in total. The predicted octanol–water partition coefficient (Wildman–Crippen LogP) is -1.14. The van der Waals surface area contributed by atoms with Crippen molar-refractivity contribution >= 4 is 24.1 Å². The van der Waals surface area contributed by atoms with Gasteiger partial charge in [-0.15, -0.1) is 0 Å². The van der Waals surface area contributed by atoms with E-state index in [-0.39, 0.29) is 31.8 Å². The van der Waals surface area contributed by atoms with Crippen LogP contribution in [-0.2, 0) is 28.4 Å². The SMILES string of the molecule is CN[C@@H]1[C@@H](O)[C@@H](O[C@@H]2[C@@H](O)[C@H](O[C@H]3O[C@H](CNC(=O)O)CC[C@H]3NC(=O)OC(C)(C)C)[C@@H](NC(=O)OC(C)(C)C)C[C@H]2N=C(N)CO)OC[C@]1(C)O. The maximum atomic E-state index is 13.1. The van der Waals surface area contributed by atoms with Crippen molar-refractivity contribution in [2.45, 2.75) is 152 Å². The minimum absolute atomic E-state index is 0.114. The molecular weight excluding hydrogens is 692 g/mol. The average Bonchev–Trinajstić information content (AvgIpc) is 2.99. The zero-order valence-electron chi connectivity index (χ0n) is 31.0. The molecule has 3 rings (SSSR count). The van der Waals surface area contributed by atoms with Crippen LogP contribution in [-0.4, -0.2) is 161 Å². The van der Waals surface area contributed by atoms with Gasteiger partial charge in [0.1, 0.15) is 53.7 Å². The zero-order valence-corrected chi connectivity index (χ0v) is 31.0. The minimum atomic E-state index is -1.69. The maximum Gasteiger partial charge on any atom is 0.408 e. The second-order valence-corrected chi connectivity index (χ2v) is 15.5. The number of carboxylic acid groups (broad SMARTS) is 1. The summed E-state index contributed by atoms with van der Waals surface area (Å²) in [7, 11) is 1.54. The first-order valence-corrected chi connectivity index (χ1v) is 17.3. The Hall–Kier alpha value is -3.08. The number of likely N-dealkylation sites (N-methyl/N-ethyl adjacent to an activating group) is 1. The summed E-state index contributed by atoms with van der Waals surface area (Å²) in [5.74, 6) is -0.214. The van der Waals surface area contributed by atoms with Crippen LogP contribution in [0.5, 0.6) is 0 Å². The molecular formula is C32H58N6O14. The zero-order chi connectivity index (χ0) is 39.2. The molecule has 2 heterocycles. The van der Waals surface area contributed by atoms with E-state index >= 15 is 0 Å². The van der Waals surface area contributed by atoms with Crippen molar-refractivity contribution < 1.29 is 68.3 Å². The summed E-state index contributed by atoms with van der Waals surface area (Å²) < 4.78 is 35.3. The number of aliphatic imine (C=N–C) groups is 1. The van der Waals surface area contributed by atoms with Crippen molar-refractivity contribution in [1.29, 1.82) is 0 Å². The van der Waals surface area contributed by atoms with Crippen molar-refractivity contribution in [3.63, 3.8) is 0 Å². The van der Waals surface area contributed by atoms with Crippen LogP contribution in [0.3, 0.4) is 0 Å². The molecule has 0 spiro atoms. The highest BCUT2D eigenvalue weighted by Crippen LogP contribution is 2.34. The van der Waals surface area contributed by atoms with Crippen molar-refractivity contribution in [2.75, 3.05) is 26.8 Å². The molecule has 2 saturated heterocycles. The number of nitrogens with two attached hydrogens (primary N) is 1. The molecule has 0 aromatic rings. The van der Waals surface area contributed by atoms with E-state index < -0.39 is 109 Å². The van der Waals surface area contributed by atoms with Crippen molar-refractivity contribution in [3.8, 4) is 0 Å². The molecule has 2 aliphatic heterocycles. The van der Waals surface area contributed by atoms with Crippen LogP contribution in [0.4, 0.5) is 14.4 Å². The van der Waals surface area contributed by atoms with E-state index in [9.17, 15) is 39.9 Å². The van der Waals surface area contributed by atoms with Gasteiger partial charge in [0.25, 0.3) is 0 Å². The summed E-state index contributed by atoms with van der Waals surface area (Å²) >= 11 is 0. The highest BCUT2D eigenvalue weighted by Gasteiger charge is 2.53. The third-order valence-corrected chi connectivity index (χ3v) is 8.50. The molecule has 52 heavy (non-hydrogen) atoms. The van der Waals surface area contributed by atoms with E-state index in [1.54, 1.807) is 41.5 Å². The topological polar surface area (TPSA) is 294 Å². The lowest BCUT2D eigenvalue weighted by molar-refractivity contribution is -0.307. The first-order valence-electron chi connectivity index (χ1n) is 17.3. The van der Waals surface area contributed by atoms with Crippen LogP contribution in [0.15, 0.2) is 4.99 Å². The maximum absolute atomic E-state index is 13.1. The first-order chi connectivity index (χ1) is 24.0. The smallest absolute Gasteiger partial charge is 0.408 e. The number of nitrogens with zero attached hydrogens (tertiary/aromatic N) is 1. The Labute approximate surface area is 303 Å². The van der Waals surface area contributed by atoms with Crippen LogP contribution in [0.25, 0.3) is 0 Å². The summed E-state index contributed by atoms with van der Waals surface area (Å²) in [6.07, 6.45) is -11.8. The second kappa shape index (κ2) is 17.8. The number of hydrogen-bond donors (Lipinski definition) is 10. The molecule has 300 valence electrons. The number of aliphatic hydroxyl groups excluding tert-OH is 3. The Bertz CT molecular complexity index is 1240. The van der Waals surface area contributed by atoms with E-state index in [4.69, 9.17) is 34.2 Å². The van der Waals surface area contributed by atoms with Crippen molar-refractivity contribution in [1.82, 2.24) is 21.3 Å². The van der Waals surface area contributed by atoms with Crippen LogP contribution < -0.4 is 27.0 Å². The minimum Gasteiger partial charge on any atom is -0.465 e. The van der Waals surface area contributed by atoms with Crippen LogP contribution >= 0.6 is 0 Å². The van der Waals surface area contributed by atoms with Gasteiger partial charge in [0, 0.05) is 6.54 Å². The fourth-order valence-corrected chi connectivity index (χ4v) is 6.31. The Morgan fingerprint density at radius 3 is 2.04 bits per heavy atom. The molecule has 1 aliphatic carbocycles. The Morgan fingerprint density at radius 2 is 1.50 bits per heavy atom. The van der Waals surface area contributed by atoms with Gasteiger partial charge in [-0.25, -0.2) is 14.4 Å². The normalized spacial score (nSPS) is 36.0. The van der Waals surface area contributed by atoms with Gasteiger partial charge < -0.3 is 81.0 Å². The highest BCUT2D eigenvalue weighted by molar-refractivity contribution is 5.81. The van der Waals surface area contributed by atoms with Gasteiger partial charge in [-0.3, -0.25) is 4.99 Å².